The molecule has 1 aliphatic heterocycles. The van der Waals surface area contributed by atoms with E-state index in [0.29, 0.717) is 12.1 Å². The molecule has 2 rings (SSSR count). The topological polar surface area (TPSA) is 20.3 Å². The molecule has 3 atom stereocenters. The fraction of sp³-hybridized carbons (Fsp3) is 0.611. The lowest BCUT2D eigenvalue weighted by Gasteiger charge is -2.33. The summed E-state index contributed by atoms with van der Waals surface area (Å²) in [5.74, 6) is 0.264. The predicted octanol–water partition coefficient (Wildman–Crippen LogP) is 4.14. The van der Waals surface area contributed by atoms with Crippen LogP contribution in [0.4, 0.5) is 0 Å². The van der Waals surface area contributed by atoms with Crippen molar-refractivity contribution < 1.29 is 4.79 Å². The normalized spacial score (nSPS) is 24.9. The first-order valence-electron chi connectivity index (χ1n) is 7.84. The van der Waals surface area contributed by atoms with Crippen LogP contribution in [-0.4, -0.2) is 28.8 Å². The number of Topliss-reactive ketones (excluding diaryl/α,β-unsaturated/α-hetero) is 1. The summed E-state index contributed by atoms with van der Waals surface area (Å²) in [6.45, 7) is 10.7. The number of hydrogen-bond donors (Lipinski definition) is 0. The number of hydrogen-bond acceptors (Lipinski definition) is 2. The highest BCUT2D eigenvalue weighted by Crippen LogP contribution is 2.29. The Balaban J connectivity index is 2.21. The molecule has 2 nitrogen and oxygen atoms in total. The summed E-state index contributed by atoms with van der Waals surface area (Å²) in [5, 5.41) is 0. The molecule has 20 heavy (non-hydrogen) atoms. The maximum absolute atomic E-state index is 12.8. The zero-order valence-corrected chi connectivity index (χ0v) is 13.4. The Bertz CT molecular complexity index is 494. The molecular formula is C18H27NO. The molecule has 1 saturated heterocycles. The van der Waals surface area contributed by atoms with Crippen LogP contribution in [0.5, 0.6) is 0 Å². The molecule has 0 saturated carbocycles. The quantitative estimate of drug-likeness (QED) is 0.769. The summed E-state index contributed by atoms with van der Waals surface area (Å²) in [4.78, 5) is 15.2. The van der Waals surface area contributed by atoms with Crippen molar-refractivity contribution in [3.63, 3.8) is 0 Å². The first kappa shape index (κ1) is 15.2. The van der Waals surface area contributed by atoms with Crippen molar-refractivity contribution >= 4 is 5.78 Å². The van der Waals surface area contributed by atoms with Crippen molar-refractivity contribution in [1.82, 2.24) is 4.90 Å². The molecule has 2 heteroatoms. The summed E-state index contributed by atoms with van der Waals surface area (Å²) >= 11 is 0. The van der Waals surface area contributed by atoms with Gasteiger partial charge in [0.25, 0.3) is 0 Å². The van der Waals surface area contributed by atoms with Crippen molar-refractivity contribution in [3.8, 4) is 0 Å². The van der Waals surface area contributed by atoms with E-state index in [-0.39, 0.29) is 11.8 Å². The van der Waals surface area contributed by atoms with Crippen LogP contribution in [-0.2, 0) is 0 Å². The lowest BCUT2D eigenvalue weighted by atomic mass is 9.98. The Morgan fingerprint density at radius 1 is 1.30 bits per heavy atom. The second-order valence-corrected chi connectivity index (χ2v) is 6.27. The third kappa shape index (κ3) is 2.80. The Morgan fingerprint density at radius 3 is 2.60 bits per heavy atom. The molecule has 1 aromatic carbocycles. The van der Waals surface area contributed by atoms with Crippen LogP contribution in [0.2, 0.25) is 0 Å². The van der Waals surface area contributed by atoms with Crippen molar-refractivity contribution in [2.75, 3.05) is 0 Å². The number of likely N-dealkylation sites (tertiary alicyclic amines) is 1. The molecular weight excluding hydrogens is 246 g/mol. The van der Waals surface area contributed by atoms with Crippen LogP contribution >= 0.6 is 0 Å². The average Bonchev–Trinajstić information content (AvgIpc) is 2.81. The molecule has 110 valence electrons. The van der Waals surface area contributed by atoms with E-state index in [4.69, 9.17) is 0 Å². The van der Waals surface area contributed by atoms with Gasteiger partial charge in [0, 0.05) is 17.6 Å². The lowest BCUT2D eigenvalue weighted by molar-refractivity contribution is 0.0755. The van der Waals surface area contributed by atoms with Crippen LogP contribution < -0.4 is 0 Å². The zero-order chi connectivity index (χ0) is 14.9. The minimum absolute atomic E-state index is 0.0143. The van der Waals surface area contributed by atoms with Gasteiger partial charge in [-0.25, -0.2) is 0 Å². The number of nitrogens with zero attached hydrogens (tertiary/aromatic N) is 1. The number of rotatable bonds is 4. The van der Waals surface area contributed by atoms with Crippen molar-refractivity contribution in [1.29, 1.82) is 0 Å². The van der Waals surface area contributed by atoms with E-state index in [9.17, 15) is 4.79 Å². The lowest BCUT2D eigenvalue weighted by Crippen LogP contribution is -2.45. The second-order valence-electron chi connectivity index (χ2n) is 6.27. The van der Waals surface area contributed by atoms with Crippen molar-refractivity contribution in [3.05, 3.63) is 34.9 Å². The average molecular weight is 273 g/mol. The van der Waals surface area contributed by atoms with E-state index in [2.05, 4.69) is 45.6 Å². The maximum atomic E-state index is 12.8. The van der Waals surface area contributed by atoms with Gasteiger partial charge in [-0.05, 0) is 64.2 Å². The molecule has 0 amide bonds. The third-order valence-corrected chi connectivity index (χ3v) is 4.94. The number of ketones is 1. The molecule has 1 aromatic rings. The van der Waals surface area contributed by atoms with Gasteiger partial charge >= 0.3 is 0 Å². The molecule has 3 unspecified atom stereocenters. The molecule has 0 spiro atoms. The molecule has 0 N–H and O–H groups in total. The van der Waals surface area contributed by atoms with E-state index in [0.717, 1.165) is 12.0 Å². The highest BCUT2D eigenvalue weighted by Gasteiger charge is 2.35. The van der Waals surface area contributed by atoms with Crippen LogP contribution in [0, 0.1) is 13.8 Å². The van der Waals surface area contributed by atoms with Gasteiger partial charge < -0.3 is 0 Å². The van der Waals surface area contributed by atoms with Crippen LogP contribution in [0.25, 0.3) is 0 Å². The molecule has 0 radical (unpaired) electrons. The van der Waals surface area contributed by atoms with E-state index in [1.165, 1.54) is 24.0 Å². The summed E-state index contributed by atoms with van der Waals surface area (Å²) in [7, 11) is 0. The first-order chi connectivity index (χ1) is 9.45. The van der Waals surface area contributed by atoms with Gasteiger partial charge in [0.2, 0.25) is 0 Å². The van der Waals surface area contributed by atoms with E-state index >= 15 is 0 Å². The van der Waals surface area contributed by atoms with Crippen LogP contribution in [0.15, 0.2) is 18.2 Å². The molecule has 0 aliphatic carbocycles. The SMILES string of the molecule is CCC1CCC(C)N1C(C)C(=O)c1ccc(C)c(C)c1. The minimum atomic E-state index is -0.0143. The standard InChI is InChI=1S/C18H27NO/c1-6-17-10-8-14(4)19(17)15(5)18(20)16-9-7-12(2)13(3)11-16/h7,9,11,14-15,17H,6,8,10H2,1-5H3. The van der Waals surface area contributed by atoms with E-state index < -0.39 is 0 Å². The monoisotopic (exact) mass is 273 g/mol. The van der Waals surface area contributed by atoms with Gasteiger partial charge in [-0.15, -0.1) is 0 Å². The number of carbonyl (C=O) groups is 1. The highest BCUT2D eigenvalue weighted by molar-refractivity contribution is 6.00. The van der Waals surface area contributed by atoms with E-state index in [1.807, 2.05) is 12.1 Å². The molecule has 1 heterocycles. The summed E-state index contributed by atoms with van der Waals surface area (Å²) in [6.07, 6.45) is 3.57. The zero-order valence-electron chi connectivity index (χ0n) is 13.4. The smallest absolute Gasteiger partial charge is 0.179 e. The molecule has 0 bridgehead atoms. The predicted molar refractivity (Wildman–Crippen MR) is 84.3 cm³/mol. The first-order valence-corrected chi connectivity index (χ1v) is 7.84. The fourth-order valence-corrected chi connectivity index (χ4v) is 3.48. The van der Waals surface area contributed by atoms with E-state index in [1.54, 1.807) is 0 Å². The molecule has 1 fully saturated rings. The van der Waals surface area contributed by atoms with Gasteiger partial charge in [0.05, 0.1) is 6.04 Å². The minimum Gasteiger partial charge on any atom is -0.292 e. The highest BCUT2D eigenvalue weighted by atomic mass is 16.1. The largest absolute Gasteiger partial charge is 0.292 e. The fourth-order valence-electron chi connectivity index (χ4n) is 3.48. The second kappa shape index (κ2) is 6.09. The Morgan fingerprint density at radius 2 is 2.00 bits per heavy atom. The number of aryl methyl sites for hydroxylation is 2. The van der Waals surface area contributed by atoms with Gasteiger partial charge in [0.15, 0.2) is 5.78 Å². The Kier molecular flexibility index (Phi) is 4.64. The van der Waals surface area contributed by atoms with Crippen molar-refractivity contribution in [2.24, 2.45) is 0 Å². The van der Waals surface area contributed by atoms with Crippen LogP contribution in [0.3, 0.4) is 0 Å². The molecule has 1 aliphatic rings. The number of carbonyl (C=O) groups excluding carboxylic acids is 1. The number of benzene rings is 1. The Hall–Kier alpha value is -1.15. The third-order valence-electron chi connectivity index (χ3n) is 4.94. The summed E-state index contributed by atoms with van der Waals surface area (Å²) in [5.41, 5.74) is 3.30. The molecule has 0 aromatic heterocycles. The maximum Gasteiger partial charge on any atom is 0.179 e. The summed E-state index contributed by atoms with van der Waals surface area (Å²) < 4.78 is 0. The van der Waals surface area contributed by atoms with Gasteiger partial charge in [-0.2, -0.15) is 0 Å². The van der Waals surface area contributed by atoms with Gasteiger partial charge in [0.1, 0.15) is 0 Å². The van der Waals surface area contributed by atoms with Gasteiger partial charge in [-0.3, -0.25) is 9.69 Å². The van der Waals surface area contributed by atoms with Crippen molar-refractivity contribution in [2.45, 2.75) is 72.0 Å². The van der Waals surface area contributed by atoms with Gasteiger partial charge in [-0.1, -0.05) is 19.1 Å². The summed E-state index contributed by atoms with van der Waals surface area (Å²) in [6, 6.07) is 7.14. The van der Waals surface area contributed by atoms with Crippen LogP contribution in [0.1, 0.15) is 61.5 Å². The Labute approximate surface area is 123 Å².